The molecule has 0 amide bonds. The molecule has 0 radical (unpaired) electrons. The van der Waals surface area contributed by atoms with Crippen molar-refractivity contribution >= 4 is 0 Å². The Morgan fingerprint density at radius 2 is 1.00 bits per heavy atom. The van der Waals surface area contributed by atoms with Crippen LogP contribution in [0, 0.1) is 0 Å². The summed E-state index contributed by atoms with van der Waals surface area (Å²) in [6.45, 7) is 20.5. The Labute approximate surface area is 89.0 Å². The molecule has 0 unspecified atom stereocenters. The van der Waals surface area contributed by atoms with Gasteiger partial charge >= 0.3 is 0 Å². The zero-order valence-electron chi connectivity index (χ0n) is 9.67. The van der Waals surface area contributed by atoms with Crippen molar-refractivity contribution in [2.75, 3.05) is 26.9 Å². The zero-order valence-corrected chi connectivity index (χ0v) is 9.67. The lowest BCUT2D eigenvalue weighted by Gasteiger charge is -1.76. The third kappa shape index (κ3) is 936. The lowest BCUT2D eigenvalue weighted by Crippen LogP contribution is -1.85. The van der Waals surface area contributed by atoms with E-state index in [-0.39, 0.29) is 13.2 Å². The number of methoxy groups -OCH3 is 1. The zero-order chi connectivity index (χ0) is 12.8. The van der Waals surface area contributed by atoms with Crippen molar-refractivity contribution in [3.8, 4) is 0 Å². The van der Waals surface area contributed by atoms with Gasteiger partial charge in [-0.2, -0.15) is 0 Å². The van der Waals surface area contributed by atoms with Crippen LogP contribution in [0.4, 0.5) is 0 Å². The van der Waals surface area contributed by atoms with Gasteiger partial charge in [-0.1, -0.05) is 0 Å². The molecular weight excluding hydrogens is 180 g/mol. The highest BCUT2D eigenvalue weighted by molar-refractivity contribution is 4.22. The molecule has 88 valence electrons. The van der Waals surface area contributed by atoms with Crippen molar-refractivity contribution in [3.63, 3.8) is 0 Å². The van der Waals surface area contributed by atoms with E-state index in [1.54, 1.807) is 7.11 Å². The molecule has 0 aromatic carbocycles. The summed E-state index contributed by atoms with van der Waals surface area (Å²) in [5, 5.41) is 15.2. The largest absolute Gasteiger partial charge is 0.394 e. The number of hydrogen-bond donors (Lipinski definition) is 2. The molecule has 0 aromatic heterocycles. The highest BCUT2D eigenvalue weighted by Gasteiger charge is 1.58. The fraction of sp³-hybridized carbons (Fsp3) is 0.455. The average molecular weight is 206 g/mol. The van der Waals surface area contributed by atoms with E-state index >= 15 is 0 Å². The second-order valence-corrected chi connectivity index (χ2v) is 1.02. The van der Waals surface area contributed by atoms with Crippen molar-refractivity contribution < 1.29 is 14.9 Å². The van der Waals surface area contributed by atoms with E-state index in [0.717, 1.165) is 6.61 Å². The minimum atomic E-state index is -0.125. The Bertz CT molecular complexity index is 37.0. The summed E-state index contributed by atoms with van der Waals surface area (Å²) in [5.41, 5.74) is 0. The third-order valence-corrected chi connectivity index (χ3v) is 0.389. The summed E-state index contributed by atoms with van der Waals surface area (Å²) in [5.74, 6) is 0. The summed E-state index contributed by atoms with van der Waals surface area (Å²) in [6.07, 6.45) is 0. The lowest BCUT2D eigenvalue weighted by molar-refractivity contribution is 0.186. The van der Waals surface area contributed by atoms with Crippen molar-refractivity contribution in [1.29, 1.82) is 0 Å². The third-order valence-electron chi connectivity index (χ3n) is 0.389. The molecule has 0 atom stereocenters. The van der Waals surface area contributed by atoms with Gasteiger partial charge in [-0.25, -0.2) is 0 Å². The maximum Gasteiger partial charge on any atom is 0.0662 e. The van der Waals surface area contributed by atoms with Crippen LogP contribution in [0.2, 0.25) is 0 Å². The van der Waals surface area contributed by atoms with Crippen LogP contribution in [0.5, 0.6) is 0 Å². The Morgan fingerprint density at radius 3 is 1.00 bits per heavy atom. The Hall–Kier alpha value is -0.900. The molecule has 0 saturated heterocycles. The molecule has 0 aliphatic heterocycles. The second kappa shape index (κ2) is 155. The van der Waals surface area contributed by atoms with Crippen LogP contribution >= 0.6 is 0 Å². The first kappa shape index (κ1) is 29.2. The normalized spacial score (nSPS) is 5.14. The maximum atomic E-state index is 7.62. The molecule has 0 aliphatic carbocycles. The van der Waals surface area contributed by atoms with Gasteiger partial charge in [0.1, 0.15) is 0 Å². The molecule has 0 spiro atoms. The molecular formula is C11H26O3. The molecule has 3 nitrogen and oxygen atoms in total. The molecule has 0 aromatic rings. The van der Waals surface area contributed by atoms with Gasteiger partial charge in [-0.05, 0) is 6.92 Å². The van der Waals surface area contributed by atoms with E-state index in [4.69, 9.17) is 10.2 Å². The van der Waals surface area contributed by atoms with Crippen molar-refractivity contribution in [1.82, 2.24) is 0 Å². The lowest BCUT2D eigenvalue weighted by atomic mass is 10.8. The molecule has 0 bridgehead atoms. The molecule has 3 heteroatoms. The quantitative estimate of drug-likeness (QED) is 0.680. The van der Waals surface area contributed by atoms with Crippen molar-refractivity contribution in [2.45, 2.75) is 6.92 Å². The van der Waals surface area contributed by atoms with E-state index in [2.05, 4.69) is 44.2 Å². The van der Waals surface area contributed by atoms with Gasteiger partial charge in [-0.3, -0.25) is 0 Å². The van der Waals surface area contributed by atoms with Gasteiger partial charge in [0.2, 0.25) is 0 Å². The summed E-state index contributed by atoms with van der Waals surface area (Å²) >= 11 is 0. The average Bonchev–Trinajstić information content (AvgIpc) is 2.36. The topological polar surface area (TPSA) is 49.7 Å². The SMILES string of the molecule is C=C.C=C.C=C.CCOC.OCCO. The first-order chi connectivity index (χ1) is 6.83. The predicted molar refractivity (Wildman–Crippen MR) is 65.5 cm³/mol. The predicted octanol–water partition coefficient (Wildman–Crippen LogP) is 2.03. The van der Waals surface area contributed by atoms with Gasteiger partial charge in [0.25, 0.3) is 0 Å². The van der Waals surface area contributed by atoms with Gasteiger partial charge in [0, 0.05) is 13.7 Å². The number of aliphatic hydroxyl groups excluding tert-OH is 2. The molecule has 0 saturated carbocycles. The maximum absolute atomic E-state index is 7.62. The number of rotatable bonds is 2. The Kier molecular flexibility index (Phi) is 324. The summed E-state index contributed by atoms with van der Waals surface area (Å²) in [4.78, 5) is 0. The van der Waals surface area contributed by atoms with Crippen LogP contribution in [-0.2, 0) is 4.74 Å². The van der Waals surface area contributed by atoms with Crippen LogP contribution in [0.3, 0.4) is 0 Å². The molecule has 0 rings (SSSR count). The summed E-state index contributed by atoms with van der Waals surface area (Å²) in [6, 6.07) is 0. The monoisotopic (exact) mass is 206 g/mol. The first-order valence-corrected chi connectivity index (χ1v) is 4.04. The molecule has 0 aliphatic rings. The highest BCUT2D eigenvalue weighted by atomic mass is 16.5. The van der Waals surface area contributed by atoms with E-state index in [1.165, 1.54) is 0 Å². The Morgan fingerprint density at radius 1 is 0.857 bits per heavy atom. The van der Waals surface area contributed by atoms with Crippen LogP contribution in [0.1, 0.15) is 6.92 Å². The van der Waals surface area contributed by atoms with E-state index in [9.17, 15) is 0 Å². The molecule has 2 N–H and O–H groups in total. The van der Waals surface area contributed by atoms with Crippen LogP contribution in [0.25, 0.3) is 0 Å². The van der Waals surface area contributed by atoms with E-state index in [0.29, 0.717) is 0 Å². The van der Waals surface area contributed by atoms with Crippen LogP contribution in [-0.4, -0.2) is 37.1 Å². The van der Waals surface area contributed by atoms with Crippen molar-refractivity contribution in [3.05, 3.63) is 39.5 Å². The first-order valence-electron chi connectivity index (χ1n) is 4.04. The number of aliphatic hydroxyl groups is 2. The number of ether oxygens (including phenoxy) is 1. The fourth-order valence-corrected chi connectivity index (χ4v) is 0. The van der Waals surface area contributed by atoms with Crippen LogP contribution < -0.4 is 0 Å². The smallest absolute Gasteiger partial charge is 0.0662 e. The number of hydrogen-bond acceptors (Lipinski definition) is 3. The molecule has 0 heterocycles. The molecule has 14 heavy (non-hydrogen) atoms. The van der Waals surface area contributed by atoms with Crippen molar-refractivity contribution in [2.24, 2.45) is 0 Å². The van der Waals surface area contributed by atoms with E-state index < -0.39 is 0 Å². The van der Waals surface area contributed by atoms with Gasteiger partial charge in [0.15, 0.2) is 0 Å². The minimum Gasteiger partial charge on any atom is -0.394 e. The molecule has 0 fully saturated rings. The minimum absolute atomic E-state index is 0.125. The Balaban J connectivity index is -0.0000000255. The fourth-order valence-electron chi connectivity index (χ4n) is 0. The van der Waals surface area contributed by atoms with Crippen LogP contribution in [0.15, 0.2) is 39.5 Å². The van der Waals surface area contributed by atoms with Gasteiger partial charge in [0.05, 0.1) is 13.2 Å². The standard InChI is InChI=1S/C3H8O.C2H6O2.3C2H4/c1-3-4-2;3-1-2-4;3*1-2/h3H2,1-2H3;3-4H,1-2H2;3*1-2H2. The highest BCUT2D eigenvalue weighted by Crippen LogP contribution is 1.52. The summed E-state index contributed by atoms with van der Waals surface area (Å²) in [7, 11) is 1.68. The van der Waals surface area contributed by atoms with E-state index in [1.807, 2.05) is 6.92 Å². The van der Waals surface area contributed by atoms with Gasteiger partial charge < -0.3 is 14.9 Å². The second-order valence-electron chi connectivity index (χ2n) is 1.02. The van der Waals surface area contributed by atoms with Gasteiger partial charge in [-0.15, -0.1) is 39.5 Å². The summed E-state index contributed by atoms with van der Waals surface area (Å²) < 4.78 is 4.54.